The number of carbonyl (C=O) groups excluding carboxylic acids is 1. The van der Waals surface area contributed by atoms with Crippen LogP contribution in [-0.4, -0.2) is 25.9 Å². The van der Waals surface area contributed by atoms with Gasteiger partial charge < -0.3 is 0 Å². The minimum atomic E-state index is -0.223. The van der Waals surface area contributed by atoms with Crippen LogP contribution < -0.4 is 5.32 Å². The Morgan fingerprint density at radius 3 is 2.58 bits per heavy atom. The monoisotopic (exact) mass is 277 g/mol. The molecule has 19 heavy (non-hydrogen) atoms. The Hall–Kier alpha value is -2.02. The number of amides is 1. The van der Waals surface area contributed by atoms with E-state index in [1.807, 2.05) is 27.8 Å². The summed E-state index contributed by atoms with van der Waals surface area (Å²) in [6, 6.07) is 0. The average Bonchev–Trinajstić information content (AvgIpc) is 2.83. The predicted molar refractivity (Wildman–Crippen MR) is 75.0 cm³/mol. The van der Waals surface area contributed by atoms with Gasteiger partial charge in [0.2, 0.25) is 11.0 Å². The van der Waals surface area contributed by atoms with Crippen molar-refractivity contribution in [3.8, 4) is 0 Å². The van der Waals surface area contributed by atoms with Crippen molar-refractivity contribution in [2.24, 2.45) is 7.05 Å². The van der Waals surface area contributed by atoms with Crippen LogP contribution in [0.2, 0.25) is 0 Å². The second-order valence-corrected chi connectivity index (χ2v) is 5.34. The fourth-order valence-electron chi connectivity index (χ4n) is 1.68. The molecule has 0 spiro atoms. The highest BCUT2D eigenvalue weighted by atomic mass is 32.1. The Bertz CT molecular complexity index is 641. The second-order valence-electron chi connectivity index (χ2n) is 4.16. The van der Waals surface area contributed by atoms with Crippen LogP contribution in [0.5, 0.6) is 0 Å². The van der Waals surface area contributed by atoms with Gasteiger partial charge in [-0.25, -0.2) is 0 Å². The van der Waals surface area contributed by atoms with Crippen LogP contribution in [0.15, 0.2) is 6.08 Å². The van der Waals surface area contributed by atoms with Crippen LogP contribution in [0.1, 0.15) is 22.0 Å². The van der Waals surface area contributed by atoms with Crippen molar-refractivity contribution in [3.63, 3.8) is 0 Å². The highest BCUT2D eigenvalue weighted by molar-refractivity contribution is 7.15. The average molecular weight is 277 g/mol. The van der Waals surface area contributed by atoms with Gasteiger partial charge in [0.25, 0.3) is 0 Å². The first-order valence-electron chi connectivity index (χ1n) is 5.76. The number of carbonyl (C=O) groups is 1. The molecule has 0 atom stereocenters. The third-order valence-electron chi connectivity index (χ3n) is 2.72. The van der Waals surface area contributed by atoms with E-state index in [0.717, 1.165) is 22.0 Å². The normalized spacial score (nSPS) is 11.2. The molecule has 2 aromatic rings. The van der Waals surface area contributed by atoms with Crippen LogP contribution in [0.4, 0.5) is 5.13 Å². The smallest absolute Gasteiger partial charge is 0.250 e. The van der Waals surface area contributed by atoms with Gasteiger partial charge in [-0.05, 0) is 26.8 Å². The number of aromatic nitrogens is 4. The zero-order valence-electron chi connectivity index (χ0n) is 11.3. The summed E-state index contributed by atoms with van der Waals surface area (Å²) in [5.74, 6) is -0.223. The van der Waals surface area contributed by atoms with Gasteiger partial charge in [0, 0.05) is 24.4 Å². The molecule has 0 saturated heterocycles. The van der Waals surface area contributed by atoms with Crippen LogP contribution in [0.3, 0.4) is 0 Å². The molecule has 100 valence electrons. The molecular formula is C12H15N5OS. The van der Waals surface area contributed by atoms with Gasteiger partial charge in [0.05, 0.1) is 5.69 Å². The lowest BCUT2D eigenvalue weighted by atomic mass is 10.2. The Balaban J connectivity index is 2.08. The maximum absolute atomic E-state index is 11.7. The topological polar surface area (TPSA) is 72.7 Å². The van der Waals surface area contributed by atoms with Gasteiger partial charge in [-0.2, -0.15) is 5.10 Å². The van der Waals surface area contributed by atoms with E-state index in [4.69, 9.17) is 0 Å². The molecule has 0 aromatic carbocycles. The third-order valence-corrected chi connectivity index (χ3v) is 3.48. The molecule has 2 rings (SSSR count). The third kappa shape index (κ3) is 3.05. The minimum Gasteiger partial charge on any atom is -0.297 e. The maximum Gasteiger partial charge on any atom is 0.250 e. The van der Waals surface area contributed by atoms with Gasteiger partial charge in [0.15, 0.2) is 0 Å². The first-order chi connectivity index (χ1) is 8.97. The number of rotatable bonds is 3. The van der Waals surface area contributed by atoms with Gasteiger partial charge in [-0.15, -0.1) is 10.2 Å². The van der Waals surface area contributed by atoms with Crippen molar-refractivity contribution >= 4 is 28.5 Å². The first kappa shape index (κ1) is 13.4. The number of hydrogen-bond donors (Lipinski definition) is 1. The predicted octanol–water partition coefficient (Wildman–Crippen LogP) is 1.85. The molecule has 0 fully saturated rings. The van der Waals surface area contributed by atoms with E-state index in [1.165, 1.54) is 17.4 Å². The second kappa shape index (κ2) is 5.31. The fraction of sp³-hybridized carbons (Fsp3) is 0.333. The van der Waals surface area contributed by atoms with Gasteiger partial charge >= 0.3 is 0 Å². The number of anilines is 1. The number of nitrogens with zero attached hydrogens (tertiary/aromatic N) is 4. The molecule has 7 heteroatoms. The van der Waals surface area contributed by atoms with E-state index in [9.17, 15) is 4.79 Å². The number of nitrogens with one attached hydrogen (secondary N) is 1. The fourth-order valence-corrected chi connectivity index (χ4v) is 2.28. The molecule has 1 N–H and O–H groups in total. The van der Waals surface area contributed by atoms with Crippen LogP contribution in [0, 0.1) is 20.8 Å². The van der Waals surface area contributed by atoms with Crippen molar-refractivity contribution < 1.29 is 4.79 Å². The Morgan fingerprint density at radius 2 is 2.05 bits per heavy atom. The zero-order valence-corrected chi connectivity index (χ0v) is 12.1. The molecule has 0 saturated carbocycles. The summed E-state index contributed by atoms with van der Waals surface area (Å²) in [4.78, 5) is 11.7. The SMILES string of the molecule is Cc1nnc(NC(=O)/C=C/c2c(C)nn(C)c2C)s1. The van der Waals surface area contributed by atoms with E-state index in [0.29, 0.717) is 5.13 Å². The standard InChI is InChI=1S/C12H15N5OS/c1-7-10(8(2)17(4)16-7)5-6-11(18)13-12-15-14-9(3)19-12/h5-6H,1-4H3,(H,13,15,18)/b6-5+. The van der Waals surface area contributed by atoms with Crippen molar-refractivity contribution in [2.45, 2.75) is 20.8 Å². The molecule has 0 aliphatic carbocycles. The van der Waals surface area contributed by atoms with Gasteiger partial charge in [-0.3, -0.25) is 14.8 Å². The largest absolute Gasteiger partial charge is 0.297 e. The van der Waals surface area contributed by atoms with Crippen molar-refractivity contribution in [2.75, 3.05) is 5.32 Å². The van der Waals surface area contributed by atoms with E-state index in [-0.39, 0.29) is 5.91 Å². The highest BCUT2D eigenvalue weighted by Gasteiger charge is 2.07. The van der Waals surface area contributed by atoms with E-state index < -0.39 is 0 Å². The molecule has 2 aromatic heterocycles. The van der Waals surface area contributed by atoms with Crippen LogP contribution in [0.25, 0.3) is 6.08 Å². The number of hydrogen-bond acceptors (Lipinski definition) is 5. The van der Waals surface area contributed by atoms with Crippen molar-refractivity contribution in [1.29, 1.82) is 0 Å². The molecular weight excluding hydrogens is 262 g/mol. The molecule has 0 bridgehead atoms. The molecule has 1 amide bonds. The zero-order chi connectivity index (χ0) is 14.0. The lowest BCUT2D eigenvalue weighted by Crippen LogP contribution is -2.07. The van der Waals surface area contributed by atoms with Crippen LogP contribution in [-0.2, 0) is 11.8 Å². The Kier molecular flexibility index (Phi) is 3.75. The minimum absolute atomic E-state index is 0.223. The maximum atomic E-state index is 11.7. The summed E-state index contributed by atoms with van der Waals surface area (Å²) < 4.78 is 1.79. The molecule has 0 unspecified atom stereocenters. The van der Waals surface area contributed by atoms with Gasteiger partial charge in [0.1, 0.15) is 5.01 Å². The molecule has 2 heterocycles. The van der Waals surface area contributed by atoms with Crippen molar-refractivity contribution in [3.05, 3.63) is 28.0 Å². The summed E-state index contributed by atoms with van der Waals surface area (Å²) in [5, 5.41) is 16.0. The van der Waals surface area contributed by atoms with E-state index in [2.05, 4.69) is 20.6 Å². The molecule has 0 radical (unpaired) electrons. The molecule has 0 aliphatic rings. The first-order valence-corrected chi connectivity index (χ1v) is 6.58. The highest BCUT2D eigenvalue weighted by Crippen LogP contribution is 2.15. The summed E-state index contributed by atoms with van der Waals surface area (Å²) in [5.41, 5.74) is 2.88. The summed E-state index contributed by atoms with van der Waals surface area (Å²) in [7, 11) is 1.88. The molecule has 0 aliphatic heterocycles. The Morgan fingerprint density at radius 1 is 1.32 bits per heavy atom. The van der Waals surface area contributed by atoms with E-state index >= 15 is 0 Å². The lowest BCUT2D eigenvalue weighted by molar-refractivity contribution is -0.111. The summed E-state index contributed by atoms with van der Waals surface area (Å²) in [6.07, 6.45) is 3.24. The lowest BCUT2D eigenvalue weighted by Gasteiger charge is -1.96. The quantitative estimate of drug-likeness (QED) is 0.869. The van der Waals surface area contributed by atoms with Crippen molar-refractivity contribution in [1.82, 2.24) is 20.0 Å². The van der Waals surface area contributed by atoms with E-state index in [1.54, 1.807) is 10.8 Å². The summed E-state index contributed by atoms with van der Waals surface area (Å²) in [6.45, 7) is 5.72. The number of aryl methyl sites for hydroxylation is 3. The summed E-state index contributed by atoms with van der Waals surface area (Å²) >= 11 is 1.34. The Labute approximate surface area is 115 Å². The van der Waals surface area contributed by atoms with Gasteiger partial charge in [-0.1, -0.05) is 11.3 Å². The van der Waals surface area contributed by atoms with Crippen LogP contribution >= 0.6 is 11.3 Å². The molecule has 6 nitrogen and oxygen atoms in total.